The first-order valence-corrected chi connectivity index (χ1v) is 15.5. The van der Waals surface area contributed by atoms with E-state index in [-0.39, 0.29) is 5.41 Å². The van der Waals surface area contributed by atoms with E-state index in [2.05, 4.69) is 132 Å². The van der Waals surface area contributed by atoms with E-state index in [0.717, 1.165) is 39.0 Å². The summed E-state index contributed by atoms with van der Waals surface area (Å²) in [5, 5.41) is 2.36. The summed E-state index contributed by atoms with van der Waals surface area (Å²) in [4.78, 5) is 10.1. The normalized spacial score (nSPS) is 12.0. The quantitative estimate of drug-likeness (QED) is 0.189. The first kappa shape index (κ1) is 28.5. The number of nitrogens with zero attached hydrogens (tertiary/aromatic N) is 2. The lowest BCUT2D eigenvalue weighted by Crippen LogP contribution is -2.11. The third-order valence-corrected chi connectivity index (χ3v) is 8.54. The van der Waals surface area contributed by atoms with Crippen LogP contribution in [0.25, 0.3) is 55.6 Å². The molecule has 0 aliphatic heterocycles. The van der Waals surface area contributed by atoms with E-state index in [4.69, 9.17) is 14.4 Å². The number of benzene rings is 6. The largest absolute Gasteiger partial charge is 0.436 e. The number of hydrogen-bond donors (Lipinski definition) is 0. The van der Waals surface area contributed by atoms with Gasteiger partial charge in [-0.3, -0.25) is 4.99 Å². The van der Waals surface area contributed by atoms with Gasteiger partial charge in [-0.25, -0.2) is 4.98 Å². The van der Waals surface area contributed by atoms with E-state index < -0.39 is 0 Å². The van der Waals surface area contributed by atoms with Gasteiger partial charge in [0.25, 0.3) is 0 Å². The molecule has 0 spiro atoms. The van der Waals surface area contributed by atoms with Crippen LogP contribution >= 0.6 is 0 Å². The van der Waals surface area contributed by atoms with Crippen molar-refractivity contribution in [2.45, 2.75) is 40.0 Å². The van der Waals surface area contributed by atoms with Crippen LogP contribution in [-0.2, 0) is 5.41 Å². The van der Waals surface area contributed by atoms with Gasteiger partial charge in [0.15, 0.2) is 5.58 Å². The molecule has 220 valence electrons. The molecule has 0 fully saturated rings. The maximum atomic E-state index is 6.58. The fourth-order valence-electron chi connectivity index (χ4n) is 5.97. The number of rotatable bonds is 5. The van der Waals surface area contributed by atoms with Crippen LogP contribution in [0.1, 0.15) is 43.0 Å². The summed E-state index contributed by atoms with van der Waals surface area (Å²) in [7, 11) is 0. The van der Waals surface area contributed by atoms with Crippen LogP contribution in [0.2, 0.25) is 0 Å². The molecule has 0 radical (unpaired) electrons. The van der Waals surface area contributed by atoms with Crippen molar-refractivity contribution in [1.29, 1.82) is 0 Å². The summed E-state index contributed by atoms with van der Waals surface area (Å²) < 4.78 is 6.58. The van der Waals surface area contributed by atoms with Gasteiger partial charge >= 0.3 is 0 Å². The first-order chi connectivity index (χ1) is 21.7. The van der Waals surface area contributed by atoms with Crippen LogP contribution in [0.4, 0.5) is 5.69 Å². The van der Waals surface area contributed by atoms with Crippen molar-refractivity contribution in [2.75, 3.05) is 0 Å². The second kappa shape index (κ2) is 11.3. The van der Waals surface area contributed by atoms with Crippen molar-refractivity contribution < 1.29 is 4.42 Å². The molecule has 0 amide bonds. The van der Waals surface area contributed by atoms with Crippen molar-refractivity contribution in [3.63, 3.8) is 0 Å². The zero-order chi connectivity index (χ0) is 31.1. The summed E-state index contributed by atoms with van der Waals surface area (Å²) in [6.45, 7) is 11.0. The third kappa shape index (κ3) is 5.58. The second-order valence-corrected chi connectivity index (χ2v) is 12.9. The molecule has 7 rings (SSSR count). The highest BCUT2D eigenvalue weighted by molar-refractivity contribution is 6.01. The zero-order valence-electron chi connectivity index (χ0n) is 26.4. The summed E-state index contributed by atoms with van der Waals surface area (Å²) in [6, 6.07) is 42.6. The van der Waals surface area contributed by atoms with Crippen LogP contribution in [0.15, 0.2) is 131 Å². The molecule has 3 nitrogen and oxygen atoms in total. The number of aromatic nitrogens is 1. The lowest BCUT2D eigenvalue weighted by atomic mass is 9.84. The lowest BCUT2D eigenvalue weighted by Gasteiger charge is -2.20. The number of oxazole rings is 1. The standard InChI is InChI=1S/C42H36N2O/c1-27-20-21-28(2)36(22-27)30-14-11-15-31(23-30)37-24-33(42(3,4)5)25-39-40(37)44-41(45-39)35-18-8-9-19-38(35)43-26-32-16-10-13-29-12-6-7-17-34(29)32/h6-26H,1-5H3. The Balaban J connectivity index is 1.36. The van der Waals surface area contributed by atoms with Crippen LogP contribution in [0.5, 0.6) is 0 Å². The molecule has 1 aromatic heterocycles. The first-order valence-electron chi connectivity index (χ1n) is 15.5. The Morgan fingerprint density at radius 1 is 0.667 bits per heavy atom. The molecule has 0 saturated heterocycles. The average molecular weight is 585 g/mol. The Hall–Kier alpha value is -5.28. The van der Waals surface area contributed by atoms with E-state index in [0.29, 0.717) is 5.89 Å². The van der Waals surface area contributed by atoms with Gasteiger partial charge in [-0.15, -0.1) is 0 Å². The Labute approximate surface area is 264 Å². The number of para-hydroxylation sites is 1. The van der Waals surface area contributed by atoms with Crippen LogP contribution in [0, 0.1) is 13.8 Å². The van der Waals surface area contributed by atoms with Crippen molar-refractivity contribution in [3.05, 3.63) is 144 Å². The molecule has 6 aromatic carbocycles. The Kier molecular flexibility index (Phi) is 7.17. The predicted octanol–water partition coefficient (Wildman–Crippen LogP) is 11.6. The summed E-state index contributed by atoms with van der Waals surface area (Å²) in [6.07, 6.45) is 1.94. The maximum Gasteiger partial charge on any atom is 0.229 e. The molecular formula is C42H36N2O. The van der Waals surface area contributed by atoms with Crippen LogP contribution in [-0.4, -0.2) is 11.2 Å². The average Bonchev–Trinajstić information content (AvgIpc) is 3.48. The minimum absolute atomic E-state index is 0.0682. The van der Waals surface area contributed by atoms with Gasteiger partial charge in [-0.1, -0.05) is 117 Å². The molecule has 0 atom stereocenters. The second-order valence-electron chi connectivity index (χ2n) is 12.9. The number of fused-ring (bicyclic) bond motifs is 2. The predicted molar refractivity (Wildman–Crippen MR) is 190 cm³/mol. The Bertz CT molecular complexity index is 2220. The van der Waals surface area contributed by atoms with Gasteiger partial charge in [0.05, 0.1) is 11.3 Å². The van der Waals surface area contributed by atoms with E-state index in [1.807, 2.05) is 30.5 Å². The van der Waals surface area contributed by atoms with Gasteiger partial charge in [0, 0.05) is 17.3 Å². The topological polar surface area (TPSA) is 38.4 Å². The van der Waals surface area contributed by atoms with Crippen molar-refractivity contribution in [1.82, 2.24) is 4.98 Å². The van der Waals surface area contributed by atoms with Gasteiger partial charge in [0.2, 0.25) is 5.89 Å². The molecule has 1 heterocycles. The number of hydrogen-bond acceptors (Lipinski definition) is 3. The third-order valence-electron chi connectivity index (χ3n) is 8.54. The molecular weight excluding hydrogens is 548 g/mol. The zero-order valence-corrected chi connectivity index (χ0v) is 26.4. The number of aryl methyl sites for hydroxylation is 2. The van der Waals surface area contributed by atoms with Gasteiger partial charge < -0.3 is 4.42 Å². The summed E-state index contributed by atoms with van der Waals surface area (Å²) in [5.74, 6) is 0.564. The molecule has 0 saturated carbocycles. The highest BCUT2D eigenvalue weighted by Crippen LogP contribution is 2.39. The molecule has 3 heteroatoms. The molecule has 0 N–H and O–H groups in total. The molecule has 0 aliphatic carbocycles. The highest BCUT2D eigenvalue weighted by Gasteiger charge is 2.21. The smallest absolute Gasteiger partial charge is 0.229 e. The van der Waals surface area contributed by atoms with Crippen LogP contribution in [0.3, 0.4) is 0 Å². The van der Waals surface area contributed by atoms with E-state index >= 15 is 0 Å². The lowest BCUT2D eigenvalue weighted by molar-refractivity contribution is 0.584. The van der Waals surface area contributed by atoms with E-state index in [1.165, 1.54) is 38.6 Å². The molecule has 0 bridgehead atoms. The SMILES string of the molecule is Cc1ccc(C)c(-c2cccc(-c3cc(C(C)(C)C)cc4oc(-c5ccccc5N=Cc5cccc6ccccc56)nc34)c2)c1. The minimum Gasteiger partial charge on any atom is -0.436 e. The summed E-state index contributed by atoms with van der Waals surface area (Å²) in [5.41, 5.74) is 12.6. The maximum absolute atomic E-state index is 6.58. The van der Waals surface area contributed by atoms with Gasteiger partial charge in [0.1, 0.15) is 5.52 Å². The monoisotopic (exact) mass is 584 g/mol. The molecule has 45 heavy (non-hydrogen) atoms. The summed E-state index contributed by atoms with van der Waals surface area (Å²) >= 11 is 0. The minimum atomic E-state index is -0.0682. The molecule has 0 unspecified atom stereocenters. The van der Waals surface area contributed by atoms with Gasteiger partial charge in [-0.05, 0) is 88.2 Å². The highest BCUT2D eigenvalue weighted by atomic mass is 16.3. The van der Waals surface area contributed by atoms with E-state index in [9.17, 15) is 0 Å². The van der Waals surface area contributed by atoms with Crippen molar-refractivity contribution in [3.8, 4) is 33.7 Å². The molecule has 0 aliphatic rings. The van der Waals surface area contributed by atoms with E-state index in [1.54, 1.807) is 0 Å². The Morgan fingerprint density at radius 3 is 2.24 bits per heavy atom. The van der Waals surface area contributed by atoms with Crippen molar-refractivity contribution in [2.24, 2.45) is 4.99 Å². The Morgan fingerprint density at radius 2 is 1.40 bits per heavy atom. The van der Waals surface area contributed by atoms with Crippen LogP contribution < -0.4 is 0 Å². The van der Waals surface area contributed by atoms with Crippen molar-refractivity contribution >= 4 is 33.8 Å². The fourth-order valence-corrected chi connectivity index (χ4v) is 5.97. The fraction of sp³-hybridized carbons (Fsp3) is 0.143. The molecule has 7 aromatic rings. The van der Waals surface area contributed by atoms with Gasteiger partial charge in [-0.2, -0.15) is 0 Å². The number of aliphatic imine (C=N–C) groups is 1.